The van der Waals surface area contributed by atoms with Crippen molar-refractivity contribution in [2.45, 2.75) is 19.9 Å². The Balaban J connectivity index is 2.19. The number of hydrogen-bond acceptors (Lipinski definition) is 8. The van der Waals surface area contributed by atoms with Crippen LogP contribution in [0.2, 0.25) is 0 Å². The van der Waals surface area contributed by atoms with Crippen molar-refractivity contribution in [2.24, 2.45) is 16.0 Å². The number of carbonyl (C=O) groups excluding carboxylic acids is 2. The van der Waals surface area contributed by atoms with Crippen LogP contribution in [0.1, 0.15) is 13.8 Å². The van der Waals surface area contributed by atoms with Gasteiger partial charge in [0.05, 0.1) is 6.04 Å². The summed E-state index contributed by atoms with van der Waals surface area (Å²) < 4.78 is 5.05. The second kappa shape index (κ2) is 7.97. The second-order valence-corrected chi connectivity index (χ2v) is 5.14. The van der Waals surface area contributed by atoms with Crippen LogP contribution in [0.3, 0.4) is 0 Å². The third-order valence-corrected chi connectivity index (χ3v) is 2.95. The van der Waals surface area contributed by atoms with Gasteiger partial charge < -0.3 is 21.5 Å². The lowest BCUT2D eigenvalue weighted by Gasteiger charge is -2.08. The van der Waals surface area contributed by atoms with Crippen molar-refractivity contribution in [3.8, 4) is 5.75 Å². The number of carbonyl (C=O) groups is 2. The number of anilines is 2. The van der Waals surface area contributed by atoms with E-state index in [4.69, 9.17) is 16.2 Å². The molecule has 0 spiro atoms. The lowest BCUT2D eigenvalue weighted by atomic mass is 10.3. The maximum absolute atomic E-state index is 11.5. The van der Waals surface area contributed by atoms with Gasteiger partial charge in [0.2, 0.25) is 5.91 Å². The quantitative estimate of drug-likeness (QED) is 0.432. The van der Waals surface area contributed by atoms with Gasteiger partial charge in [-0.2, -0.15) is 0 Å². The Morgan fingerprint density at radius 2 is 1.84 bits per heavy atom. The Morgan fingerprint density at radius 1 is 1.16 bits per heavy atom. The summed E-state index contributed by atoms with van der Waals surface area (Å²) in [6, 6.07) is 9.10. The molecule has 0 aliphatic rings. The zero-order valence-corrected chi connectivity index (χ0v) is 13.8. The molecule has 0 aliphatic carbocycles. The SMILES string of the molecule is CC(=O)Oc1ccccc1N=Nc1ccc(NC(=O)[C@H](C)N)nc1N. The van der Waals surface area contributed by atoms with Crippen LogP contribution < -0.4 is 21.5 Å². The maximum atomic E-state index is 11.5. The first-order chi connectivity index (χ1) is 11.9. The number of ether oxygens (including phenoxy) is 1. The van der Waals surface area contributed by atoms with Crippen LogP contribution in [-0.2, 0) is 9.59 Å². The van der Waals surface area contributed by atoms with Crippen LogP contribution in [-0.4, -0.2) is 22.9 Å². The van der Waals surface area contributed by atoms with Gasteiger partial charge in [0.25, 0.3) is 0 Å². The molecule has 1 aromatic heterocycles. The number of nitrogen functional groups attached to an aromatic ring is 1. The minimum atomic E-state index is -0.667. The minimum absolute atomic E-state index is 0.0798. The van der Waals surface area contributed by atoms with E-state index in [1.54, 1.807) is 37.3 Å². The van der Waals surface area contributed by atoms with Crippen molar-refractivity contribution < 1.29 is 14.3 Å². The molecule has 0 saturated heterocycles. The number of nitrogens with zero attached hydrogens (tertiary/aromatic N) is 3. The van der Waals surface area contributed by atoms with E-state index >= 15 is 0 Å². The molecule has 0 fully saturated rings. The number of nitrogens with one attached hydrogen (secondary N) is 1. The van der Waals surface area contributed by atoms with Crippen LogP contribution in [0.4, 0.5) is 23.0 Å². The highest BCUT2D eigenvalue weighted by Gasteiger charge is 2.10. The van der Waals surface area contributed by atoms with Crippen molar-refractivity contribution in [2.75, 3.05) is 11.1 Å². The molecule has 5 N–H and O–H groups in total. The summed E-state index contributed by atoms with van der Waals surface area (Å²) in [5, 5.41) is 10.6. The second-order valence-electron chi connectivity index (χ2n) is 5.14. The largest absolute Gasteiger partial charge is 0.424 e. The van der Waals surface area contributed by atoms with Crippen LogP contribution in [0.15, 0.2) is 46.6 Å². The Hall–Kier alpha value is -3.33. The highest BCUT2D eigenvalue weighted by molar-refractivity contribution is 5.93. The molecule has 0 unspecified atom stereocenters. The van der Waals surface area contributed by atoms with Crippen LogP contribution >= 0.6 is 0 Å². The lowest BCUT2D eigenvalue weighted by molar-refractivity contribution is -0.131. The molecule has 9 heteroatoms. The Bertz CT molecular complexity index is 819. The minimum Gasteiger partial charge on any atom is -0.424 e. The van der Waals surface area contributed by atoms with E-state index in [2.05, 4.69) is 20.5 Å². The zero-order valence-electron chi connectivity index (χ0n) is 13.8. The number of azo groups is 1. The summed E-state index contributed by atoms with van der Waals surface area (Å²) in [6.45, 7) is 2.85. The van der Waals surface area contributed by atoms with E-state index in [1.165, 1.54) is 13.0 Å². The van der Waals surface area contributed by atoms with Crippen molar-refractivity contribution >= 4 is 34.9 Å². The molecule has 0 bridgehead atoms. The molecule has 0 radical (unpaired) electrons. The van der Waals surface area contributed by atoms with Gasteiger partial charge in [-0.15, -0.1) is 10.2 Å². The summed E-state index contributed by atoms with van der Waals surface area (Å²) in [5.41, 5.74) is 12.0. The molecule has 1 atom stereocenters. The normalized spacial score (nSPS) is 12.0. The molecule has 2 rings (SSSR count). The summed E-state index contributed by atoms with van der Waals surface area (Å²) in [7, 11) is 0. The third kappa shape index (κ3) is 5.08. The first-order valence-electron chi connectivity index (χ1n) is 7.39. The topological polar surface area (TPSA) is 145 Å². The molecule has 1 heterocycles. The Morgan fingerprint density at radius 3 is 2.48 bits per heavy atom. The number of benzene rings is 1. The molecule has 1 amide bonds. The van der Waals surface area contributed by atoms with Gasteiger partial charge in [0, 0.05) is 6.92 Å². The summed E-state index contributed by atoms with van der Waals surface area (Å²) in [5.74, 6) is -0.212. The number of rotatable bonds is 5. The first-order valence-corrected chi connectivity index (χ1v) is 7.39. The van der Waals surface area contributed by atoms with E-state index in [0.717, 1.165) is 0 Å². The summed E-state index contributed by atoms with van der Waals surface area (Å²) >= 11 is 0. The molecule has 1 aromatic carbocycles. The number of para-hydroxylation sites is 1. The fourth-order valence-electron chi connectivity index (χ4n) is 1.75. The molecular weight excluding hydrogens is 324 g/mol. The molecule has 25 heavy (non-hydrogen) atoms. The molecule has 0 saturated carbocycles. The fourth-order valence-corrected chi connectivity index (χ4v) is 1.75. The summed E-state index contributed by atoms with van der Waals surface area (Å²) in [6.07, 6.45) is 0. The molecule has 9 nitrogen and oxygen atoms in total. The van der Waals surface area contributed by atoms with E-state index in [0.29, 0.717) is 11.4 Å². The van der Waals surface area contributed by atoms with Crippen molar-refractivity contribution in [3.05, 3.63) is 36.4 Å². The summed E-state index contributed by atoms with van der Waals surface area (Å²) in [4.78, 5) is 26.7. The van der Waals surface area contributed by atoms with Gasteiger partial charge in [0.15, 0.2) is 11.6 Å². The standard InChI is InChI=1S/C16H18N6O3/c1-9(17)16(24)20-14-8-7-12(15(18)19-14)22-21-11-5-3-4-6-13(11)25-10(2)23/h3-9H,17H2,1-2H3,(H3,18,19,20,24)/t9-/m0/s1. The predicted octanol–water partition coefficient (Wildman–Crippen LogP) is 2.29. The zero-order chi connectivity index (χ0) is 18.4. The lowest BCUT2D eigenvalue weighted by Crippen LogP contribution is -2.32. The van der Waals surface area contributed by atoms with Crippen molar-refractivity contribution in [1.82, 2.24) is 4.98 Å². The van der Waals surface area contributed by atoms with Gasteiger partial charge in [-0.25, -0.2) is 4.98 Å². The number of pyridine rings is 1. The molecular formula is C16H18N6O3. The number of aromatic nitrogens is 1. The van der Waals surface area contributed by atoms with Gasteiger partial charge in [-0.3, -0.25) is 9.59 Å². The average Bonchev–Trinajstić information content (AvgIpc) is 2.54. The highest BCUT2D eigenvalue weighted by Crippen LogP contribution is 2.30. The Labute approximate surface area is 144 Å². The van der Waals surface area contributed by atoms with Crippen LogP contribution in [0.5, 0.6) is 5.75 Å². The highest BCUT2D eigenvalue weighted by atomic mass is 16.5. The number of hydrogen-bond donors (Lipinski definition) is 3. The van der Waals surface area contributed by atoms with Crippen molar-refractivity contribution in [3.63, 3.8) is 0 Å². The van der Waals surface area contributed by atoms with E-state index in [1.807, 2.05) is 0 Å². The van der Waals surface area contributed by atoms with Crippen LogP contribution in [0, 0.1) is 0 Å². The Kier molecular flexibility index (Phi) is 5.75. The molecule has 0 aliphatic heterocycles. The number of esters is 1. The van der Waals surface area contributed by atoms with E-state index in [9.17, 15) is 9.59 Å². The van der Waals surface area contributed by atoms with Gasteiger partial charge >= 0.3 is 5.97 Å². The number of amides is 1. The smallest absolute Gasteiger partial charge is 0.308 e. The van der Waals surface area contributed by atoms with Crippen molar-refractivity contribution in [1.29, 1.82) is 0 Å². The predicted molar refractivity (Wildman–Crippen MR) is 92.9 cm³/mol. The van der Waals surface area contributed by atoms with Gasteiger partial charge in [-0.05, 0) is 31.2 Å². The van der Waals surface area contributed by atoms with Gasteiger partial charge in [0.1, 0.15) is 17.2 Å². The number of nitrogens with two attached hydrogens (primary N) is 2. The average molecular weight is 342 g/mol. The van der Waals surface area contributed by atoms with E-state index in [-0.39, 0.29) is 23.3 Å². The van der Waals surface area contributed by atoms with Crippen LogP contribution in [0.25, 0.3) is 0 Å². The monoisotopic (exact) mass is 342 g/mol. The van der Waals surface area contributed by atoms with E-state index < -0.39 is 12.0 Å². The van der Waals surface area contributed by atoms with Gasteiger partial charge in [-0.1, -0.05) is 12.1 Å². The maximum Gasteiger partial charge on any atom is 0.308 e. The fraction of sp³-hybridized carbons (Fsp3) is 0.188. The molecule has 2 aromatic rings. The first kappa shape index (κ1) is 18.0. The molecule has 130 valence electrons. The third-order valence-electron chi connectivity index (χ3n) is 2.95.